The summed E-state index contributed by atoms with van der Waals surface area (Å²) >= 11 is 0. The second-order valence-corrected chi connectivity index (χ2v) is 7.06. The molecule has 0 aliphatic rings. The van der Waals surface area contributed by atoms with E-state index < -0.39 is 10.0 Å². The molecule has 0 amide bonds. The Morgan fingerprint density at radius 2 is 1.78 bits per heavy atom. The van der Waals surface area contributed by atoms with Crippen LogP contribution in [0.15, 0.2) is 65.7 Å². The highest BCUT2D eigenvalue weighted by molar-refractivity contribution is 7.92. The lowest BCUT2D eigenvalue weighted by Gasteiger charge is -2.09. The summed E-state index contributed by atoms with van der Waals surface area (Å²) in [5.41, 5.74) is 3.17. The first-order valence-corrected chi connectivity index (χ1v) is 8.62. The first-order chi connectivity index (χ1) is 10.9. The first-order valence-electron chi connectivity index (χ1n) is 7.14. The highest BCUT2D eigenvalue weighted by atomic mass is 32.2. The molecule has 0 atom stereocenters. The van der Waals surface area contributed by atoms with E-state index in [4.69, 9.17) is 0 Å². The lowest BCUT2D eigenvalue weighted by Crippen LogP contribution is -2.12. The van der Waals surface area contributed by atoms with E-state index in [-0.39, 0.29) is 4.90 Å². The zero-order valence-electron chi connectivity index (χ0n) is 12.9. The lowest BCUT2D eigenvalue weighted by atomic mass is 10.1. The van der Waals surface area contributed by atoms with Gasteiger partial charge in [0.15, 0.2) is 0 Å². The maximum Gasteiger partial charge on any atom is 0.261 e. The molecule has 5 nitrogen and oxygen atoms in total. The number of hydrogen-bond acceptors (Lipinski definition) is 3. The summed E-state index contributed by atoms with van der Waals surface area (Å²) in [6.07, 6.45) is 1.85. The standard InChI is InChI=1S/C17H17N3O2S/c1-13-6-8-16(9-7-13)23(21,22)19-15-5-3-4-14(12-15)17-10-11-20(2)18-17/h3-12,19H,1-2H3. The molecule has 23 heavy (non-hydrogen) atoms. The molecule has 0 aliphatic heterocycles. The molecule has 2 aromatic carbocycles. The Balaban J connectivity index is 1.89. The van der Waals surface area contributed by atoms with Crippen LogP contribution in [0.1, 0.15) is 5.56 Å². The van der Waals surface area contributed by atoms with Gasteiger partial charge in [0, 0.05) is 24.5 Å². The molecular weight excluding hydrogens is 310 g/mol. The van der Waals surface area contributed by atoms with Crippen LogP contribution in [0.4, 0.5) is 5.69 Å². The fourth-order valence-corrected chi connectivity index (χ4v) is 3.29. The molecule has 0 unspecified atom stereocenters. The van der Waals surface area contributed by atoms with Gasteiger partial charge in [0.1, 0.15) is 0 Å². The third-order valence-corrected chi connectivity index (χ3v) is 4.85. The van der Waals surface area contributed by atoms with E-state index in [1.807, 2.05) is 32.3 Å². The van der Waals surface area contributed by atoms with Gasteiger partial charge >= 0.3 is 0 Å². The predicted octanol–water partition coefficient (Wildman–Crippen LogP) is 3.20. The molecule has 0 fully saturated rings. The number of aryl methyl sites for hydroxylation is 2. The van der Waals surface area contributed by atoms with E-state index in [9.17, 15) is 8.42 Å². The van der Waals surface area contributed by atoms with E-state index >= 15 is 0 Å². The van der Waals surface area contributed by atoms with Crippen LogP contribution in [-0.2, 0) is 17.1 Å². The van der Waals surface area contributed by atoms with Crippen LogP contribution in [-0.4, -0.2) is 18.2 Å². The van der Waals surface area contributed by atoms with E-state index in [1.54, 1.807) is 47.1 Å². The zero-order chi connectivity index (χ0) is 16.4. The average Bonchev–Trinajstić information content (AvgIpc) is 2.94. The fraction of sp³-hybridized carbons (Fsp3) is 0.118. The van der Waals surface area contributed by atoms with Crippen LogP contribution in [0.5, 0.6) is 0 Å². The van der Waals surface area contributed by atoms with Crippen molar-refractivity contribution in [1.29, 1.82) is 0 Å². The SMILES string of the molecule is Cc1ccc(S(=O)(=O)Nc2cccc(-c3ccn(C)n3)c2)cc1. The zero-order valence-corrected chi connectivity index (χ0v) is 13.7. The molecule has 1 aromatic heterocycles. The topological polar surface area (TPSA) is 64.0 Å². The Morgan fingerprint density at radius 1 is 1.04 bits per heavy atom. The monoisotopic (exact) mass is 327 g/mol. The lowest BCUT2D eigenvalue weighted by molar-refractivity contribution is 0.601. The molecule has 1 N–H and O–H groups in total. The summed E-state index contributed by atoms with van der Waals surface area (Å²) in [5, 5.41) is 4.33. The van der Waals surface area contributed by atoms with Crippen molar-refractivity contribution in [2.24, 2.45) is 7.05 Å². The Bertz CT molecular complexity index is 928. The number of anilines is 1. The largest absolute Gasteiger partial charge is 0.280 e. The third kappa shape index (κ3) is 3.43. The van der Waals surface area contributed by atoms with Gasteiger partial charge in [0.2, 0.25) is 0 Å². The van der Waals surface area contributed by atoms with Crippen molar-refractivity contribution in [3.8, 4) is 11.3 Å². The van der Waals surface area contributed by atoms with Crippen molar-refractivity contribution in [2.75, 3.05) is 4.72 Å². The number of sulfonamides is 1. The molecule has 3 aromatic rings. The van der Waals surface area contributed by atoms with Crippen molar-refractivity contribution >= 4 is 15.7 Å². The van der Waals surface area contributed by atoms with Gasteiger partial charge in [-0.25, -0.2) is 8.42 Å². The fourth-order valence-electron chi connectivity index (χ4n) is 2.24. The van der Waals surface area contributed by atoms with Gasteiger partial charge in [0.05, 0.1) is 10.6 Å². The summed E-state index contributed by atoms with van der Waals surface area (Å²) < 4.78 is 29.2. The summed E-state index contributed by atoms with van der Waals surface area (Å²) in [4.78, 5) is 0.242. The predicted molar refractivity (Wildman–Crippen MR) is 90.6 cm³/mol. The minimum Gasteiger partial charge on any atom is -0.280 e. The van der Waals surface area contributed by atoms with Crippen molar-refractivity contribution in [1.82, 2.24) is 9.78 Å². The molecule has 3 rings (SSSR count). The molecule has 0 aliphatic carbocycles. The maximum absolute atomic E-state index is 12.4. The van der Waals surface area contributed by atoms with Gasteiger partial charge in [0.25, 0.3) is 10.0 Å². The third-order valence-electron chi connectivity index (χ3n) is 3.46. The van der Waals surface area contributed by atoms with E-state index in [0.717, 1.165) is 16.8 Å². The van der Waals surface area contributed by atoms with E-state index in [0.29, 0.717) is 5.69 Å². The Morgan fingerprint density at radius 3 is 2.43 bits per heavy atom. The number of hydrogen-bond donors (Lipinski definition) is 1. The number of nitrogens with one attached hydrogen (secondary N) is 1. The van der Waals surface area contributed by atoms with Gasteiger partial charge in [-0.1, -0.05) is 29.8 Å². The Hall–Kier alpha value is -2.60. The Labute approximate surface area is 135 Å². The number of rotatable bonds is 4. The number of benzene rings is 2. The van der Waals surface area contributed by atoms with E-state index in [1.165, 1.54) is 0 Å². The van der Waals surface area contributed by atoms with Crippen molar-refractivity contribution < 1.29 is 8.42 Å². The summed E-state index contributed by atoms with van der Waals surface area (Å²) in [5.74, 6) is 0. The smallest absolute Gasteiger partial charge is 0.261 e. The van der Waals surface area contributed by atoms with Gasteiger partial charge in [-0.05, 0) is 37.3 Å². The van der Waals surface area contributed by atoms with Crippen LogP contribution in [0.3, 0.4) is 0 Å². The maximum atomic E-state index is 12.4. The number of nitrogens with zero attached hydrogens (tertiary/aromatic N) is 2. The molecule has 0 saturated heterocycles. The van der Waals surface area contributed by atoms with Crippen molar-refractivity contribution in [3.63, 3.8) is 0 Å². The van der Waals surface area contributed by atoms with Gasteiger partial charge in [-0.3, -0.25) is 9.40 Å². The molecule has 1 heterocycles. The first kappa shape index (κ1) is 15.3. The normalized spacial score (nSPS) is 11.4. The van der Waals surface area contributed by atoms with Crippen molar-refractivity contribution in [2.45, 2.75) is 11.8 Å². The van der Waals surface area contributed by atoms with Crippen LogP contribution in [0.25, 0.3) is 11.3 Å². The van der Waals surface area contributed by atoms with Gasteiger partial charge < -0.3 is 0 Å². The van der Waals surface area contributed by atoms with Crippen LogP contribution >= 0.6 is 0 Å². The molecule has 0 spiro atoms. The molecular formula is C17H17N3O2S. The Kier molecular flexibility index (Phi) is 3.92. The van der Waals surface area contributed by atoms with Gasteiger partial charge in [-0.15, -0.1) is 0 Å². The molecule has 0 saturated carbocycles. The van der Waals surface area contributed by atoms with Crippen LogP contribution in [0, 0.1) is 6.92 Å². The van der Waals surface area contributed by atoms with Crippen LogP contribution < -0.4 is 4.72 Å². The number of aromatic nitrogens is 2. The highest BCUT2D eigenvalue weighted by Gasteiger charge is 2.14. The minimum absolute atomic E-state index is 0.242. The minimum atomic E-state index is -3.60. The van der Waals surface area contributed by atoms with E-state index in [2.05, 4.69) is 9.82 Å². The van der Waals surface area contributed by atoms with Crippen molar-refractivity contribution in [3.05, 3.63) is 66.4 Å². The average molecular weight is 327 g/mol. The molecule has 0 bridgehead atoms. The summed E-state index contributed by atoms with van der Waals surface area (Å²) in [6, 6.07) is 15.8. The molecule has 0 radical (unpaired) electrons. The quantitative estimate of drug-likeness (QED) is 0.800. The highest BCUT2D eigenvalue weighted by Crippen LogP contribution is 2.23. The summed E-state index contributed by atoms with van der Waals surface area (Å²) in [6.45, 7) is 1.92. The van der Waals surface area contributed by atoms with Gasteiger partial charge in [-0.2, -0.15) is 5.10 Å². The second-order valence-electron chi connectivity index (χ2n) is 5.37. The second kappa shape index (κ2) is 5.89. The molecule has 6 heteroatoms. The van der Waals surface area contributed by atoms with Crippen LogP contribution in [0.2, 0.25) is 0 Å². The summed E-state index contributed by atoms with van der Waals surface area (Å²) in [7, 11) is -1.76. The molecule has 118 valence electrons.